The van der Waals surface area contributed by atoms with Gasteiger partial charge in [-0.3, -0.25) is 0 Å². The van der Waals surface area contributed by atoms with Crippen molar-refractivity contribution in [3.05, 3.63) is 0 Å². The first-order valence-corrected chi connectivity index (χ1v) is 6.38. The number of rotatable bonds is 10. The molecular weight excluding hydrogens is 216 g/mol. The third-order valence-electron chi connectivity index (χ3n) is 2.77. The van der Waals surface area contributed by atoms with Gasteiger partial charge in [0.05, 0.1) is 18.8 Å². The molecule has 0 radical (unpaired) electrons. The van der Waals surface area contributed by atoms with Crippen LogP contribution < -0.4 is 5.32 Å². The molecule has 0 aromatic heterocycles. The number of ether oxygens (including phenoxy) is 2. The Morgan fingerprint density at radius 3 is 2.41 bits per heavy atom. The van der Waals surface area contributed by atoms with Crippen molar-refractivity contribution in [2.24, 2.45) is 0 Å². The number of hydrogen-bond acceptors (Lipinski definition) is 4. The van der Waals surface area contributed by atoms with Gasteiger partial charge in [0.25, 0.3) is 0 Å². The van der Waals surface area contributed by atoms with E-state index in [4.69, 9.17) is 9.47 Å². The predicted molar refractivity (Wildman–Crippen MR) is 72.5 cm³/mol. The summed E-state index contributed by atoms with van der Waals surface area (Å²) in [7, 11) is 5.87. The van der Waals surface area contributed by atoms with Crippen LogP contribution >= 0.6 is 0 Å². The molecule has 4 nitrogen and oxygen atoms in total. The third-order valence-corrected chi connectivity index (χ3v) is 2.77. The molecule has 4 heteroatoms. The largest absolute Gasteiger partial charge is 0.379 e. The van der Waals surface area contributed by atoms with E-state index in [0.29, 0.717) is 6.04 Å². The molecule has 1 unspecified atom stereocenters. The van der Waals surface area contributed by atoms with Crippen LogP contribution in [-0.4, -0.2) is 64.1 Å². The monoisotopic (exact) mass is 246 g/mol. The van der Waals surface area contributed by atoms with E-state index in [1.807, 2.05) is 0 Å². The molecule has 0 aliphatic carbocycles. The van der Waals surface area contributed by atoms with Crippen LogP contribution in [0.15, 0.2) is 0 Å². The molecule has 17 heavy (non-hydrogen) atoms. The lowest BCUT2D eigenvalue weighted by Gasteiger charge is -2.27. The summed E-state index contributed by atoms with van der Waals surface area (Å²) in [6, 6.07) is 0.447. The minimum Gasteiger partial charge on any atom is -0.379 e. The van der Waals surface area contributed by atoms with E-state index in [1.54, 1.807) is 7.11 Å². The lowest BCUT2D eigenvalue weighted by Crippen LogP contribution is -2.37. The Balaban J connectivity index is 3.42. The lowest BCUT2D eigenvalue weighted by atomic mass is 10.00. The Labute approximate surface area is 107 Å². The van der Waals surface area contributed by atoms with E-state index < -0.39 is 0 Å². The van der Waals surface area contributed by atoms with Crippen molar-refractivity contribution in [3.8, 4) is 0 Å². The summed E-state index contributed by atoms with van der Waals surface area (Å²) in [6.45, 7) is 9.84. The van der Waals surface area contributed by atoms with Gasteiger partial charge in [0.1, 0.15) is 0 Å². The Kier molecular flexibility index (Phi) is 8.78. The minimum atomic E-state index is -0.0573. The second-order valence-corrected chi connectivity index (χ2v) is 5.44. The molecule has 0 aromatic carbocycles. The van der Waals surface area contributed by atoms with Gasteiger partial charge < -0.3 is 19.7 Å². The summed E-state index contributed by atoms with van der Waals surface area (Å²) in [6.07, 6.45) is 1.00. The SMILES string of the molecule is COC(C)(C)CC(C)NCCOCCN(C)C. The van der Waals surface area contributed by atoms with Crippen LogP contribution in [0.1, 0.15) is 27.2 Å². The molecule has 0 saturated heterocycles. The van der Waals surface area contributed by atoms with Crippen LogP contribution in [0.2, 0.25) is 0 Å². The molecule has 0 rings (SSSR count). The lowest BCUT2D eigenvalue weighted by molar-refractivity contribution is 0.00784. The minimum absolute atomic E-state index is 0.0573. The molecule has 0 aromatic rings. The van der Waals surface area contributed by atoms with Crippen molar-refractivity contribution in [1.29, 1.82) is 0 Å². The van der Waals surface area contributed by atoms with Crippen LogP contribution in [0.4, 0.5) is 0 Å². The van der Waals surface area contributed by atoms with Gasteiger partial charge in [0, 0.05) is 26.2 Å². The third kappa shape index (κ3) is 10.7. The maximum atomic E-state index is 5.52. The molecular formula is C13H30N2O2. The highest BCUT2D eigenvalue weighted by molar-refractivity contribution is 4.75. The number of nitrogens with zero attached hydrogens (tertiary/aromatic N) is 1. The van der Waals surface area contributed by atoms with Crippen LogP contribution in [0.3, 0.4) is 0 Å². The predicted octanol–water partition coefficient (Wildman–Crippen LogP) is 1.36. The van der Waals surface area contributed by atoms with Gasteiger partial charge in [-0.2, -0.15) is 0 Å². The van der Waals surface area contributed by atoms with E-state index in [0.717, 1.165) is 32.7 Å². The summed E-state index contributed by atoms with van der Waals surface area (Å²) >= 11 is 0. The fraction of sp³-hybridized carbons (Fsp3) is 1.00. The van der Waals surface area contributed by atoms with Gasteiger partial charge in [-0.1, -0.05) is 0 Å². The Bertz CT molecular complexity index is 184. The zero-order valence-electron chi connectivity index (χ0n) is 12.4. The molecule has 0 fully saturated rings. The van der Waals surface area contributed by atoms with E-state index in [2.05, 4.69) is 45.1 Å². The molecule has 0 aliphatic heterocycles. The highest BCUT2D eigenvalue weighted by atomic mass is 16.5. The van der Waals surface area contributed by atoms with Gasteiger partial charge in [0.2, 0.25) is 0 Å². The second kappa shape index (κ2) is 8.86. The van der Waals surface area contributed by atoms with Crippen molar-refractivity contribution in [1.82, 2.24) is 10.2 Å². The zero-order chi connectivity index (χ0) is 13.3. The van der Waals surface area contributed by atoms with Gasteiger partial charge in [0.15, 0.2) is 0 Å². The molecule has 1 atom stereocenters. The number of methoxy groups -OCH3 is 1. The van der Waals surface area contributed by atoms with E-state index in [1.165, 1.54) is 0 Å². The van der Waals surface area contributed by atoms with Crippen molar-refractivity contribution in [2.45, 2.75) is 38.8 Å². The average Bonchev–Trinajstić information content (AvgIpc) is 2.22. The molecule has 0 aliphatic rings. The normalized spacial score (nSPS) is 14.3. The second-order valence-electron chi connectivity index (χ2n) is 5.44. The summed E-state index contributed by atoms with van der Waals surface area (Å²) in [5, 5.41) is 3.44. The Morgan fingerprint density at radius 1 is 1.24 bits per heavy atom. The molecule has 0 bridgehead atoms. The van der Waals surface area contributed by atoms with Crippen molar-refractivity contribution >= 4 is 0 Å². The van der Waals surface area contributed by atoms with Crippen LogP contribution in [0, 0.1) is 0 Å². The van der Waals surface area contributed by atoms with Crippen LogP contribution in [-0.2, 0) is 9.47 Å². The maximum absolute atomic E-state index is 5.52. The topological polar surface area (TPSA) is 33.7 Å². The standard InChI is InChI=1S/C13H30N2O2/c1-12(11-13(2,3)16-6)14-7-9-17-10-8-15(4)5/h12,14H,7-11H2,1-6H3. The van der Waals surface area contributed by atoms with E-state index in [-0.39, 0.29) is 5.60 Å². The molecule has 0 heterocycles. The van der Waals surface area contributed by atoms with Gasteiger partial charge in [-0.05, 0) is 41.3 Å². The molecule has 104 valence electrons. The first-order chi connectivity index (χ1) is 7.87. The summed E-state index contributed by atoms with van der Waals surface area (Å²) in [4.78, 5) is 2.12. The van der Waals surface area contributed by atoms with Crippen molar-refractivity contribution < 1.29 is 9.47 Å². The van der Waals surface area contributed by atoms with Gasteiger partial charge >= 0.3 is 0 Å². The smallest absolute Gasteiger partial charge is 0.0637 e. The zero-order valence-corrected chi connectivity index (χ0v) is 12.4. The van der Waals surface area contributed by atoms with Gasteiger partial charge in [-0.15, -0.1) is 0 Å². The molecule has 0 amide bonds. The van der Waals surface area contributed by atoms with Crippen LogP contribution in [0.5, 0.6) is 0 Å². The molecule has 1 N–H and O–H groups in total. The van der Waals surface area contributed by atoms with E-state index >= 15 is 0 Å². The van der Waals surface area contributed by atoms with E-state index in [9.17, 15) is 0 Å². The number of likely N-dealkylation sites (N-methyl/N-ethyl adjacent to an activating group) is 1. The molecule has 0 saturated carbocycles. The first-order valence-electron chi connectivity index (χ1n) is 6.38. The Hall–Kier alpha value is -0.160. The summed E-state index contributed by atoms with van der Waals surface area (Å²) < 4.78 is 10.9. The first kappa shape index (κ1) is 16.8. The summed E-state index contributed by atoms with van der Waals surface area (Å²) in [5.41, 5.74) is -0.0573. The highest BCUT2D eigenvalue weighted by Crippen LogP contribution is 2.14. The number of hydrogen-bond donors (Lipinski definition) is 1. The maximum Gasteiger partial charge on any atom is 0.0637 e. The van der Waals surface area contributed by atoms with Crippen LogP contribution in [0.25, 0.3) is 0 Å². The highest BCUT2D eigenvalue weighted by Gasteiger charge is 2.19. The fourth-order valence-corrected chi connectivity index (χ4v) is 1.62. The Morgan fingerprint density at radius 2 is 1.88 bits per heavy atom. The fourth-order valence-electron chi connectivity index (χ4n) is 1.62. The average molecular weight is 246 g/mol. The number of nitrogens with one attached hydrogen (secondary N) is 1. The van der Waals surface area contributed by atoms with Crippen molar-refractivity contribution in [3.63, 3.8) is 0 Å². The van der Waals surface area contributed by atoms with Crippen molar-refractivity contribution in [2.75, 3.05) is 47.5 Å². The van der Waals surface area contributed by atoms with Gasteiger partial charge in [-0.25, -0.2) is 0 Å². The summed E-state index contributed by atoms with van der Waals surface area (Å²) in [5.74, 6) is 0. The molecule has 0 spiro atoms. The quantitative estimate of drug-likeness (QED) is 0.590.